The van der Waals surface area contributed by atoms with Crippen molar-refractivity contribution in [2.75, 3.05) is 12.4 Å². The lowest BCUT2D eigenvalue weighted by molar-refractivity contribution is -0.138. The Hall–Kier alpha value is -2.42. The molecule has 0 saturated carbocycles. The first-order valence-corrected chi connectivity index (χ1v) is 6.74. The summed E-state index contributed by atoms with van der Waals surface area (Å²) in [4.78, 5) is 11.6. The number of halogens is 3. The molecule has 9 heteroatoms. The van der Waals surface area contributed by atoms with E-state index in [0.29, 0.717) is 5.75 Å². The van der Waals surface area contributed by atoms with Crippen LogP contribution >= 0.6 is 11.3 Å². The molecule has 1 aromatic carbocycles. The Morgan fingerprint density at radius 1 is 1.27 bits per heavy atom. The fourth-order valence-corrected chi connectivity index (χ4v) is 2.04. The summed E-state index contributed by atoms with van der Waals surface area (Å²) in [5.41, 5.74) is 0.740. The van der Waals surface area contributed by atoms with Crippen molar-refractivity contribution in [2.24, 2.45) is 0 Å². The van der Waals surface area contributed by atoms with E-state index in [1.165, 1.54) is 19.3 Å². The lowest BCUT2D eigenvalue weighted by atomic mass is 10.2. The maximum Gasteiger partial charge on any atom is 0.445 e. The van der Waals surface area contributed by atoms with Gasteiger partial charge in [0.1, 0.15) is 5.75 Å². The van der Waals surface area contributed by atoms with Crippen molar-refractivity contribution >= 4 is 28.5 Å². The van der Waals surface area contributed by atoms with Crippen LogP contribution in [0.25, 0.3) is 6.08 Å². The average Bonchev–Trinajstić information content (AvgIpc) is 2.94. The van der Waals surface area contributed by atoms with Crippen LogP contribution in [0.3, 0.4) is 0 Å². The second-order valence-electron chi connectivity index (χ2n) is 4.01. The van der Waals surface area contributed by atoms with Gasteiger partial charge < -0.3 is 4.74 Å². The van der Waals surface area contributed by atoms with E-state index < -0.39 is 17.1 Å². The van der Waals surface area contributed by atoms with Crippen LogP contribution in [0.1, 0.15) is 10.6 Å². The molecule has 1 aromatic heterocycles. The maximum absolute atomic E-state index is 12.3. The number of nitrogens with zero attached hydrogens (tertiary/aromatic N) is 2. The topological polar surface area (TPSA) is 64.1 Å². The fraction of sp³-hybridized carbons (Fsp3) is 0.154. The predicted octanol–water partition coefficient (Wildman–Crippen LogP) is 3.22. The number of methoxy groups -OCH3 is 1. The van der Waals surface area contributed by atoms with E-state index in [4.69, 9.17) is 4.74 Å². The summed E-state index contributed by atoms with van der Waals surface area (Å²) in [6, 6.07) is 6.90. The third kappa shape index (κ3) is 4.29. The van der Waals surface area contributed by atoms with Gasteiger partial charge in [-0.2, -0.15) is 13.2 Å². The van der Waals surface area contributed by atoms with Gasteiger partial charge in [-0.05, 0) is 23.8 Å². The Balaban J connectivity index is 1.97. The van der Waals surface area contributed by atoms with Gasteiger partial charge in [0.05, 0.1) is 7.11 Å². The van der Waals surface area contributed by atoms with Crippen molar-refractivity contribution in [1.82, 2.24) is 10.2 Å². The molecular weight excluding hydrogens is 319 g/mol. The van der Waals surface area contributed by atoms with Crippen LogP contribution in [0.4, 0.5) is 18.3 Å². The molecule has 1 amide bonds. The Kier molecular flexibility index (Phi) is 4.76. The molecule has 0 radical (unpaired) electrons. The molecular formula is C13H10F3N3O2S. The fourth-order valence-electron chi connectivity index (χ4n) is 1.42. The molecule has 5 nitrogen and oxygen atoms in total. The number of carbonyl (C=O) groups excluding carboxylic acids is 1. The molecule has 0 unspecified atom stereocenters. The van der Waals surface area contributed by atoms with Gasteiger partial charge in [-0.1, -0.05) is 23.5 Å². The van der Waals surface area contributed by atoms with Crippen LogP contribution in [0.2, 0.25) is 0 Å². The molecule has 0 aliphatic carbocycles. The van der Waals surface area contributed by atoms with Crippen LogP contribution in [0.5, 0.6) is 5.75 Å². The van der Waals surface area contributed by atoms with E-state index in [2.05, 4.69) is 15.5 Å². The van der Waals surface area contributed by atoms with Crippen molar-refractivity contribution in [3.8, 4) is 5.75 Å². The molecule has 0 bridgehead atoms. The lowest BCUT2D eigenvalue weighted by Crippen LogP contribution is -2.07. The van der Waals surface area contributed by atoms with Crippen molar-refractivity contribution in [3.63, 3.8) is 0 Å². The molecule has 116 valence electrons. The molecule has 0 saturated heterocycles. The summed E-state index contributed by atoms with van der Waals surface area (Å²) in [6.07, 6.45) is -1.86. The second kappa shape index (κ2) is 6.56. The summed E-state index contributed by atoms with van der Waals surface area (Å²) in [6.45, 7) is 0. The normalized spacial score (nSPS) is 11.6. The van der Waals surface area contributed by atoms with E-state index in [-0.39, 0.29) is 16.5 Å². The second-order valence-corrected chi connectivity index (χ2v) is 4.98. The van der Waals surface area contributed by atoms with Gasteiger partial charge in [-0.25, -0.2) is 0 Å². The van der Waals surface area contributed by atoms with Crippen LogP contribution < -0.4 is 10.1 Å². The highest BCUT2D eigenvalue weighted by Crippen LogP contribution is 2.32. The zero-order valence-electron chi connectivity index (χ0n) is 11.2. The molecule has 1 heterocycles. The number of nitrogens with one attached hydrogen (secondary N) is 1. The molecule has 2 aromatic rings. The highest BCUT2D eigenvalue weighted by atomic mass is 32.1. The van der Waals surface area contributed by atoms with Crippen molar-refractivity contribution < 1.29 is 22.7 Å². The van der Waals surface area contributed by atoms with Gasteiger partial charge >= 0.3 is 6.18 Å². The molecule has 0 fully saturated rings. The van der Waals surface area contributed by atoms with Crippen molar-refractivity contribution in [1.29, 1.82) is 0 Å². The van der Waals surface area contributed by atoms with E-state index in [9.17, 15) is 18.0 Å². The minimum atomic E-state index is -4.57. The highest BCUT2D eigenvalue weighted by Gasteiger charge is 2.35. The first-order chi connectivity index (χ1) is 10.4. The molecule has 2 rings (SSSR count). The van der Waals surface area contributed by atoms with Crippen LogP contribution in [0.15, 0.2) is 30.3 Å². The molecule has 22 heavy (non-hydrogen) atoms. The first-order valence-electron chi connectivity index (χ1n) is 5.92. The molecule has 0 spiro atoms. The van der Waals surface area contributed by atoms with E-state index in [1.807, 2.05) is 0 Å². The van der Waals surface area contributed by atoms with Gasteiger partial charge in [-0.3, -0.25) is 10.1 Å². The minimum Gasteiger partial charge on any atom is -0.497 e. The van der Waals surface area contributed by atoms with Gasteiger partial charge in [0.15, 0.2) is 0 Å². The van der Waals surface area contributed by atoms with Gasteiger partial charge in [0.25, 0.3) is 0 Å². The number of benzene rings is 1. The number of hydrogen-bond acceptors (Lipinski definition) is 5. The number of rotatable bonds is 4. The number of ether oxygens (including phenoxy) is 1. The molecule has 0 aliphatic heterocycles. The standard InChI is InChI=1S/C13H10F3N3O2S/c1-21-9-5-2-8(3-6-9)4-7-10(20)17-12-19-18-11(22-12)13(14,15)16/h2-7H,1H3,(H,17,19,20)/b7-4+. The number of amides is 1. The quantitative estimate of drug-likeness (QED) is 0.875. The smallest absolute Gasteiger partial charge is 0.445 e. The Morgan fingerprint density at radius 3 is 2.50 bits per heavy atom. The summed E-state index contributed by atoms with van der Waals surface area (Å²) >= 11 is 0.265. The summed E-state index contributed by atoms with van der Waals surface area (Å²) in [5.74, 6) is 0.0795. The number of anilines is 1. The predicted molar refractivity (Wildman–Crippen MR) is 75.6 cm³/mol. The Labute approximate surface area is 127 Å². The summed E-state index contributed by atoms with van der Waals surface area (Å²) < 4.78 is 42.0. The number of aromatic nitrogens is 2. The van der Waals surface area contributed by atoms with Crippen LogP contribution in [-0.2, 0) is 11.0 Å². The van der Waals surface area contributed by atoms with E-state index in [0.717, 1.165) is 5.56 Å². The Morgan fingerprint density at radius 2 is 1.95 bits per heavy atom. The van der Waals surface area contributed by atoms with Crippen molar-refractivity contribution in [3.05, 3.63) is 40.9 Å². The summed E-state index contributed by atoms with van der Waals surface area (Å²) in [5, 5.41) is 7.14. The van der Waals surface area contributed by atoms with E-state index >= 15 is 0 Å². The van der Waals surface area contributed by atoms with Crippen LogP contribution in [0, 0.1) is 0 Å². The van der Waals surface area contributed by atoms with Gasteiger partial charge in [0.2, 0.25) is 16.0 Å². The van der Waals surface area contributed by atoms with E-state index in [1.54, 1.807) is 24.3 Å². The molecule has 0 aliphatic rings. The lowest BCUT2D eigenvalue weighted by Gasteiger charge is -1.99. The average molecular weight is 329 g/mol. The monoisotopic (exact) mass is 329 g/mol. The minimum absolute atomic E-state index is 0.211. The third-order valence-corrected chi connectivity index (χ3v) is 3.32. The van der Waals surface area contributed by atoms with Gasteiger partial charge in [-0.15, -0.1) is 10.2 Å². The van der Waals surface area contributed by atoms with Crippen LogP contribution in [-0.4, -0.2) is 23.2 Å². The molecule has 0 atom stereocenters. The number of carbonyl (C=O) groups is 1. The largest absolute Gasteiger partial charge is 0.497 e. The zero-order chi connectivity index (χ0) is 16.2. The highest BCUT2D eigenvalue weighted by molar-refractivity contribution is 7.15. The maximum atomic E-state index is 12.3. The van der Waals surface area contributed by atoms with Crippen molar-refractivity contribution in [2.45, 2.75) is 6.18 Å². The van der Waals surface area contributed by atoms with Gasteiger partial charge in [0, 0.05) is 6.08 Å². The molecule has 1 N–H and O–H groups in total. The number of alkyl halides is 3. The Bertz CT molecular complexity index is 681. The third-order valence-electron chi connectivity index (χ3n) is 2.44. The summed E-state index contributed by atoms with van der Waals surface area (Å²) in [7, 11) is 1.54. The number of hydrogen-bond donors (Lipinski definition) is 1. The SMILES string of the molecule is COc1ccc(/C=C/C(=O)Nc2nnc(C(F)(F)F)s2)cc1. The first kappa shape index (κ1) is 16.0. The zero-order valence-corrected chi connectivity index (χ0v) is 12.0.